The average molecular weight is 432 g/mol. The normalized spacial score (nSPS) is 12.5. The van der Waals surface area contributed by atoms with Crippen LogP contribution in [-0.4, -0.2) is 23.7 Å². The van der Waals surface area contributed by atoms with Crippen molar-refractivity contribution < 1.29 is 18.7 Å². The number of amides is 1. The van der Waals surface area contributed by atoms with E-state index in [1.807, 2.05) is 20.8 Å². The lowest BCUT2D eigenvalue weighted by Gasteiger charge is -2.22. The smallest absolute Gasteiger partial charge is 0.319 e. The lowest BCUT2D eigenvalue weighted by molar-refractivity contribution is -0.143. The highest BCUT2D eigenvalue weighted by Crippen LogP contribution is 2.36. The van der Waals surface area contributed by atoms with Crippen LogP contribution in [0.25, 0.3) is 0 Å². The zero-order valence-electron chi connectivity index (χ0n) is 17.4. The van der Waals surface area contributed by atoms with E-state index in [0.29, 0.717) is 24.3 Å². The second-order valence-corrected chi connectivity index (χ2v) is 9.02. The molecule has 1 aromatic rings. The van der Waals surface area contributed by atoms with Crippen LogP contribution in [0, 0.1) is 11.2 Å². The van der Waals surface area contributed by atoms with Crippen LogP contribution in [0.5, 0.6) is 0 Å². The molecule has 0 fully saturated rings. The quantitative estimate of drug-likeness (QED) is 0.248. The molecule has 0 radical (unpaired) electrons. The molecule has 28 heavy (non-hydrogen) atoms. The third-order valence-corrected chi connectivity index (χ3v) is 6.32. The van der Waals surface area contributed by atoms with Gasteiger partial charge in [-0.15, -0.1) is 11.8 Å². The van der Waals surface area contributed by atoms with Gasteiger partial charge in [0.1, 0.15) is 11.1 Å². The Labute approximate surface area is 176 Å². The monoisotopic (exact) mass is 431 g/mol. The first kappa shape index (κ1) is 24.8. The Kier molecular flexibility index (Phi) is 10.3. The van der Waals surface area contributed by atoms with Crippen molar-refractivity contribution in [1.82, 2.24) is 0 Å². The maximum absolute atomic E-state index is 14.3. The van der Waals surface area contributed by atoms with Gasteiger partial charge in [0.05, 0.1) is 17.3 Å². The topological polar surface area (TPSA) is 55.4 Å². The van der Waals surface area contributed by atoms with Gasteiger partial charge in [-0.3, -0.25) is 9.59 Å². The van der Waals surface area contributed by atoms with E-state index in [1.165, 1.54) is 23.9 Å². The van der Waals surface area contributed by atoms with Gasteiger partial charge in [-0.05, 0) is 31.4 Å². The molecule has 0 bridgehead atoms. The fraction of sp³-hybridized carbons (Fsp3) is 0.619. The van der Waals surface area contributed by atoms with Gasteiger partial charge in [-0.2, -0.15) is 0 Å². The summed E-state index contributed by atoms with van der Waals surface area (Å²) in [6, 6.07) is 2.66. The van der Waals surface area contributed by atoms with Crippen molar-refractivity contribution in [3.05, 3.63) is 23.0 Å². The third kappa shape index (κ3) is 7.28. The minimum Gasteiger partial charge on any atom is -0.465 e. The summed E-state index contributed by atoms with van der Waals surface area (Å²) in [5, 5.41) is 2.42. The number of nitrogens with one attached hydrogen (secondary N) is 1. The summed E-state index contributed by atoms with van der Waals surface area (Å²) in [6.45, 7) is 9.90. The minimum absolute atomic E-state index is 0.0630. The second-order valence-electron chi connectivity index (χ2n) is 7.37. The lowest BCUT2D eigenvalue weighted by atomic mass is 9.89. The van der Waals surface area contributed by atoms with Crippen LogP contribution in [0.1, 0.15) is 66.7 Å². The molecule has 0 aliphatic heterocycles. The van der Waals surface area contributed by atoms with Gasteiger partial charge >= 0.3 is 5.97 Å². The zero-order valence-corrected chi connectivity index (χ0v) is 18.9. The number of hydrogen-bond donors (Lipinski definition) is 1. The first-order valence-electron chi connectivity index (χ1n) is 9.80. The van der Waals surface area contributed by atoms with E-state index in [-0.39, 0.29) is 22.6 Å². The van der Waals surface area contributed by atoms with Crippen molar-refractivity contribution in [2.75, 3.05) is 11.9 Å². The van der Waals surface area contributed by atoms with Gasteiger partial charge < -0.3 is 10.1 Å². The summed E-state index contributed by atoms with van der Waals surface area (Å²) in [6.07, 6.45) is 3.80. The van der Waals surface area contributed by atoms with Gasteiger partial charge in [0.25, 0.3) is 0 Å². The number of benzene rings is 1. The number of unbranched alkanes of at least 4 members (excludes halogenated alkanes) is 1. The summed E-state index contributed by atoms with van der Waals surface area (Å²) in [5.41, 5.74) is -0.555. The summed E-state index contributed by atoms with van der Waals surface area (Å²) in [5.74, 6) is -1.16. The Morgan fingerprint density at radius 3 is 2.50 bits per heavy atom. The Morgan fingerprint density at radius 1 is 1.25 bits per heavy atom. The van der Waals surface area contributed by atoms with Gasteiger partial charge in [0.15, 0.2) is 0 Å². The zero-order chi connectivity index (χ0) is 21.3. The van der Waals surface area contributed by atoms with Crippen LogP contribution in [0.2, 0.25) is 5.02 Å². The molecule has 7 heteroatoms. The summed E-state index contributed by atoms with van der Waals surface area (Å²) in [4.78, 5) is 25.3. The van der Waals surface area contributed by atoms with Crippen LogP contribution >= 0.6 is 23.4 Å². The highest BCUT2D eigenvalue weighted by Gasteiger charge is 2.27. The van der Waals surface area contributed by atoms with E-state index in [4.69, 9.17) is 16.3 Å². The molecule has 0 saturated carbocycles. The summed E-state index contributed by atoms with van der Waals surface area (Å²) < 4.78 is 19.7. The van der Waals surface area contributed by atoms with E-state index < -0.39 is 16.5 Å². The molecule has 0 aliphatic carbocycles. The van der Waals surface area contributed by atoms with E-state index in [1.54, 1.807) is 13.8 Å². The van der Waals surface area contributed by atoms with Crippen molar-refractivity contribution >= 4 is 40.9 Å². The van der Waals surface area contributed by atoms with Gasteiger partial charge in [0.2, 0.25) is 5.91 Å². The van der Waals surface area contributed by atoms with Gasteiger partial charge in [-0.25, -0.2) is 4.39 Å². The number of hydrogen-bond acceptors (Lipinski definition) is 4. The van der Waals surface area contributed by atoms with E-state index in [9.17, 15) is 14.0 Å². The molecule has 1 amide bonds. The molecule has 0 spiro atoms. The van der Waals surface area contributed by atoms with Gasteiger partial charge in [-0.1, -0.05) is 59.1 Å². The fourth-order valence-corrected chi connectivity index (χ4v) is 3.68. The number of carbonyl (C=O) groups is 2. The maximum atomic E-state index is 14.3. The predicted molar refractivity (Wildman–Crippen MR) is 115 cm³/mol. The number of halogens is 2. The largest absolute Gasteiger partial charge is 0.465 e. The lowest BCUT2D eigenvalue weighted by Crippen LogP contribution is -2.30. The van der Waals surface area contributed by atoms with E-state index in [0.717, 1.165) is 19.3 Å². The van der Waals surface area contributed by atoms with E-state index >= 15 is 0 Å². The number of rotatable bonds is 11. The molecule has 4 nitrogen and oxygen atoms in total. The van der Waals surface area contributed by atoms with Crippen molar-refractivity contribution in [3.63, 3.8) is 0 Å². The van der Waals surface area contributed by atoms with Crippen LogP contribution < -0.4 is 5.32 Å². The molecule has 1 aromatic carbocycles. The first-order valence-corrected chi connectivity index (χ1v) is 11.1. The highest BCUT2D eigenvalue weighted by molar-refractivity contribution is 8.00. The summed E-state index contributed by atoms with van der Waals surface area (Å²) >= 11 is 7.45. The first-order chi connectivity index (χ1) is 13.2. The van der Waals surface area contributed by atoms with E-state index in [2.05, 4.69) is 5.32 Å². The molecule has 1 atom stereocenters. The highest BCUT2D eigenvalue weighted by atomic mass is 35.5. The molecule has 1 N–H and O–H groups in total. The van der Waals surface area contributed by atoms with Gasteiger partial charge in [0, 0.05) is 10.3 Å². The number of carbonyl (C=O) groups excluding carboxylic acids is 2. The fourth-order valence-electron chi connectivity index (χ4n) is 2.22. The SMILES string of the molecule is CCCCOC(=O)C(CCC)Sc1cc(NC(=O)C(C)(C)CC)c(F)cc1Cl. The maximum Gasteiger partial charge on any atom is 0.319 e. The molecule has 1 unspecified atom stereocenters. The van der Waals surface area contributed by atoms with Crippen molar-refractivity contribution in [1.29, 1.82) is 0 Å². The molecule has 1 rings (SSSR count). The van der Waals surface area contributed by atoms with Crippen molar-refractivity contribution in [3.8, 4) is 0 Å². The Morgan fingerprint density at radius 2 is 1.93 bits per heavy atom. The number of ether oxygens (including phenoxy) is 1. The molecule has 0 aliphatic rings. The molecular weight excluding hydrogens is 401 g/mol. The number of esters is 1. The van der Waals surface area contributed by atoms with Crippen molar-refractivity contribution in [2.24, 2.45) is 5.41 Å². The second kappa shape index (κ2) is 11.7. The molecular formula is C21H31ClFNO3S. The Balaban J connectivity index is 3.02. The van der Waals surface area contributed by atoms with Crippen LogP contribution in [0.3, 0.4) is 0 Å². The molecule has 0 saturated heterocycles. The summed E-state index contributed by atoms with van der Waals surface area (Å²) in [7, 11) is 0. The van der Waals surface area contributed by atoms with Crippen LogP contribution in [0.15, 0.2) is 17.0 Å². The minimum atomic E-state index is -0.618. The Hall–Kier alpha value is -1.27. The van der Waals surface area contributed by atoms with Crippen LogP contribution in [0.4, 0.5) is 10.1 Å². The average Bonchev–Trinajstić information content (AvgIpc) is 2.64. The predicted octanol–water partition coefficient (Wildman–Crippen LogP) is 6.46. The Bertz CT molecular complexity index is 682. The van der Waals surface area contributed by atoms with Crippen LogP contribution in [-0.2, 0) is 14.3 Å². The molecule has 158 valence electrons. The standard InChI is InChI=1S/C21H31ClFNO3S/c1-6-9-11-27-19(25)17(10-7-2)28-18-13-16(15(23)12-14(18)22)24-20(26)21(4,5)8-3/h12-13,17H,6-11H2,1-5H3,(H,24,26). The van der Waals surface area contributed by atoms with Crippen molar-refractivity contribution in [2.45, 2.75) is 76.9 Å². The molecule has 0 aromatic heterocycles. The number of thioether (sulfide) groups is 1. The number of anilines is 1. The third-order valence-electron chi connectivity index (χ3n) is 4.59. The molecule has 0 heterocycles.